The van der Waals surface area contributed by atoms with Gasteiger partial charge in [-0.15, -0.1) is 0 Å². The van der Waals surface area contributed by atoms with Gasteiger partial charge in [-0.1, -0.05) is 0 Å². The summed E-state index contributed by atoms with van der Waals surface area (Å²) in [6.45, 7) is 0. The second kappa shape index (κ2) is 2.95. The minimum Gasteiger partial charge on any atom is -0.477 e. The lowest BCUT2D eigenvalue weighted by Crippen LogP contribution is -2.04. The van der Waals surface area contributed by atoms with Crippen molar-refractivity contribution < 1.29 is 9.90 Å². The molecule has 0 amide bonds. The molecule has 3 N–H and O–H groups in total. The zero-order valence-electron chi connectivity index (χ0n) is 6.81. The zero-order chi connectivity index (χ0) is 10.3. The van der Waals surface area contributed by atoms with Crippen LogP contribution in [0.1, 0.15) is 10.5 Å². The maximum atomic E-state index is 10.8. The first-order chi connectivity index (χ1) is 6.59. The lowest BCUT2D eigenvalue weighted by Gasteiger charge is -1.99. The molecule has 0 aromatic carbocycles. The monoisotopic (exact) mass is 256 g/mol. The normalized spacial score (nSPS) is 10.6. The summed E-state index contributed by atoms with van der Waals surface area (Å²) in [6, 6.07) is 0. The highest BCUT2D eigenvalue weighted by Crippen LogP contribution is 2.16. The zero-order valence-corrected chi connectivity index (χ0v) is 8.39. The predicted octanol–water partition coefficient (Wildman–Crippen LogP) is 0.772. The molecule has 14 heavy (non-hydrogen) atoms. The third kappa shape index (κ3) is 1.22. The number of carboxylic acid groups (broad SMARTS) is 1. The number of fused-ring (bicyclic) bond motifs is 1. The highest BCUT2D eigenvalue weighted by molar-refractivity contribution is 9.10. The van der Waals surface area contributed by atoms with Crippen LogP contribution in [0.15, 0.2) is 17.0 Å². The summed E-state index contributed by atoms with van der Waals surface area (Å²) in [6.07, 6.45) is 2.74. The van der Waals surface area contributed by atoms with Crippen LogP contribution in [-0.2, 0) is 0 Å². The predicted molar refractivity (Wildman–Crippen MR) is 52.1 cm³/mol. The van der Waals surface area contributed by atoms with E-state index in [9.17, 15) is 4.79 Å². The van der Waals surface area contributed by atoms with Crippen LogP contribution in [0.5, 0.6) is 0 Å². The van der Waals surface area contributed by atoms with Gasteiger partial charge in [-0.2, -0.15) is 0 Å². The van der Waals surface area contributed by atoms with Crippen molar-refractivity contribution in [3.63, 3.8) is 0 Å². The molecule has 0 aliphatic rings. The van der Waals surface area contributed by atoms with Gasteiger partial charge in [0.15, 0.2) is 17.2 Å². The first kappa shape index (κ1) is 8.95. The summed E-state index contributed by atoms with van der Waals surface area (Å²) in [5.74, 6) is -0.873. The highest BCUT2D eigenvalue weighted by atomic mass is 79.9. The van der Waals surface area contributed by atoms with Crippen LogP contribution in [0.25, 0.3) is 5.65 Å². The molecule has 0 aliphatic heterocycles. The molecule has 2 aromatic rings. The molecular formula is C7H5BrN4O2. The average molecular weight is 257 g/mol. The Balaban J connectivity index is 2.85. The van der Waals surface area contributed by atoms with Crippen LogP contribution in [-0.4, -0.2) is 25.4 Å². The number of anilines is 1. The van der Waals surface area contributed by atoms with Gasteiger partial charge < -0.3 is 10.8 Å². The van der Waals surface area contributed by atoms with Gasteiger partial charge in [0.05, 0.1) is 6.20 Å². The first-order valence-electron chi connectivity index (χ1n) is 3.62. The fourth-order valence-electron chi connectivity index (χ4n) is 1.14. The number of nitrogens with two attached hydrogens (primary N) is 1. The molecule has 0 bridgehead atoms. The molecule has 0 atom stereocenters. The van der Waals surface area contributed by atoms with E-state index in [1.807, 2.05) is 0 Å². The number of hydrogen-bond acceptors (Lipinski definition) is 4. The number of hydrogen-bond donors (Lipinski definition) is 2. The average Bonchev–Trinajstić information content (AvgIpc) is 2.47. The number of aromatic nitrogens is 3. The Labute approximate surface area is 86.5 Å². The lowest BCUT2D eigenvalue weighted by molar-refractivity contribution is 0.0689. The number of aromatic carboxylic acids is 1. The van der Waals surface area contributed by atoms with Crippen molar-refractivity contribution in [1.29, 1.82) is 0 Å². The van der Waals surface area contributed by atoms with Crippen molar-refractivity contribution in [2.45, 2.75) is 0 Å². The number of rotatable bonds is 1. The number of nitrogen functional groups attached to an aromatic ring is 1. The van der Waals surface area contributed by atoms with E-state index in [4.69, 9.17) is 10.8 Å². The Hall–Kier alpha value is -1.63. The quantitative estimate of drug-likeness (QED) is 0.786. The number of carbonyl (C=O) groups is 1. The van der Waals surface area contributed by atoms with Gasteiger partial charge in [0.1, 0.15) is 4.60 Å². The molecule has 2 heterocycles. The van der Waals surface area contributed by atoms with E-state index in [1.165, 1.54) is 16.8 Å². The van der Waals surface area contributed by atoms with Crippen molar-refractivity contribution in [1.82, 2.24) is 14.4 Å². The first-order valence-corrected chi connectivity index (χ1v) is 4.41. The van der Waals surface area contributed by atoms with E-state index < -0.39 is 5.97 Å². The molecule has 72 valence electrons. The van der Waals surface area contributed by atoms with E-state index in [-0.39, 0.29) is 11.5 Å². The molecule has 7 heteroatoms. The van der Waals surface area contributed by atoms with Crippen molar-refractivity contribution in [2.24, 2.45) is 0 Å². The van der Waals surface area contributed by atoms with Gasteiger partial charge >= 0.3 is 5.97 Å². The van der Waals surface area contributed by atoms with Crippen molar-refractivity contribution in [3.8, 4) is 0 Å². The minimum atomic E-state index is -1.06. The summed E-state index contributed by atoms with van der Waals surface area (Å²) in [4.78, 5) is 18.5. The fourth-order valence-corrected chi connectivity index (χ4v) is 1.54. The molecule has 0 saturated carbocycles. The van der Waals surface area contributed by atoms with E-state index in [0.29, 0.717) is 10.3 Å². The number of halogens is 1. The standard InChI is InChI=1S/C7H5BrN4O2/c8-4-2-12-3(7(13)14)1-10-6(12)5(9)11-4/h1-2H,(H2,9,11)(H,13,14). The maximum Gasteiger partial charge on any atom is 0.354 e. The molecule has 0 radical (unpaired) electrons. The lowest BCUT2D eigenvalue weighted by atomic mass is 10.5. The summed E-state index contributed by atoms with van der Waals surface area (Å²) in [5, 5.41) is 8.82. The molecule has 0 saturated heterocycles. The van der Waals surface area contributed by atoms with Gasteiger partial charge in [0, 0.05) is 6.20 Å². The van der Waals surface area contributed by atoms with Crippen LogP contribution in [0, 0.1) is 0 Å². The Morgan fingerprint density at radius 1 is 1.64 bits per heavy atom. The molecule has 0 fully saturated rings. The number of nitrogens with zero attached hydrogens (tertiary/aromatic N) is 3. The van der Waals surface area contributed by atoms with Crippen molar-refractivity contribution in [2.75, 3.05) is 5.73 Å². The molecule has 0 spiro atoms. The van der Waals surface area contributed by atoms with Crippen LogP contribution >= 0.6 is 15.9 Å². The van der Waals surface area contributed by atoms with Crippen molar-refractivity contribution >= 4 is 33.4 Å². The summed E-state index contributed by atoms with van der Waals surface area (Å²) in [5.41, 5.74) is 5.94. The summed E-state index contributed by atoms with van der Waals surface area (Å²) < 4.78 is 1.83. The van der Waals surface area contributed by atoms with E-state index in [0.717, 1.165) is 0 Å². The highest BCUT2D eigenvalue weighted by Gasteiger charge is 2.12. The van der Waals surface area contributed by atoms with Gasteiger partial charge in [-0.3, -0.25) is 4.40 Å². The minimum absolute atomic E-state index is 0.0507. The van der Waals surface area contributed by atoms with Crippen LogP contribution in [0.3, 0.4) is 0 Å². The van der Waals surface area contributed by atoms with Crippen LogP contribution in [0.2, 0.25) is 0 Å². The topological polar surface area (TPSA) is 93.5 Å². The van der Waals surface area contributed by atoms with Gasteiger partial charge in [0.2, 0.25) is 0 Å². The molecule has 6 nitrogen and oxygen atoms in total. The second-order valence-electron chi connectivity index (χ2n) is 2.59. The van der Waals surface area contributed by atoms with Gasteiger partial charge in [-0.25, -0.2) is 14.8 Å². The largest absolute Gasteiger partial charge is 0.477 e. The van der Waals surface area contributed by atoms with E-state index in [2.05, 4.69) is 25.9 Å². The third-order valence-electron chi connectivity index (χ3n) is 1.71. The smallest absolute Gasteiger partial charge is 0.354 e. The van der Waals surface area contributed by atoms with Gasteiger partial charge in [0.25, 0.3) is 0 Å². The fraction of sp³-hybridized carbons (Fsp3) is 0. The molecule has 0 aliphatic carbocycles. The summed E-state index contributed by atoms with van der Waals surface area (Å²) in [7, 11) is 0. The second-order valence-corrected chi connectivity index (χ2v) is 3.40. The Bertz CT molecular complexity index is 522. The van der Waals surface area contributed by atoms with Crippen molar-refractivity contribution in [3.05, 3.63) is 22.7 Å². The Morgan fingerprint density at radius 3 is 3.00 bits per heavy atom. The molecular weight excluding hydrogens is 252 g/mol. The number of carboxylic acids is 1. The van der Waals surface area contributed by atoms with Crippen LogP contribution in [0.4, 0.5) is 5.82 Å². The van der Waals surface area contributed by atoms with Crippen LogP contribution < -0.4 is 5.73 Å². The Kier molecular flexibility index (Phi) is 1.88. The maximum absolute atomic E-state index is 10.8. The SMILES string of the molecule is Nc1nc(Br)cn2c(C(=O)O)cnc12. The molecule has 0 unspecified atom stereocenters. The van der Waals surface area contributed by atoms with Gasteiger partial charge in [-0.05, 0) is 15.9 Å². The summed E-state index contributed by atoms with van der Waals surface area (Å²) >= 11 is 3.12. The molecule has 2 rings (SSSR count). The molecule has 2 aromatic heterocycles. The number of imidazole rings is 1. The van der Waals surface area contributed by atoms with E-state index in [1.54, 1.807) is 0 Å². The Morgan fingerprint density at radius 2 is 2.36 bits per heavy atom. The third-order valence-corrected chi connectivity index (χ3v) is 2.09. The van der Waals surface area contributed by atoms with E-state index >= 15 is 0 Å².